The fraction of sp³-hybridized carbons (Fsp3) is 0.250. The van der Waals surface area contributed by atoms with E-state index < -0.39 is 0 Å². The Bertz CT molecular complexity index is 832. The monoisotopic (exact) mass is 283 g/mol. The molecular weight excluding hydrogens is 266 g/mol. The number of imidazole rings is 1. The van der Waals surface area contributed by atoms with Crippen LogP contribution >= 0.6 is 0 Å². The van der Waals surface area contributed by atoms with E-state index in [9.17, 15) is 4.79 Å². The Kier molecular flexibility index (Phi) is 3.25. The summed E-state index contributed by atoms with van der Waals surface area (Å²) in [4.78, 5) is 16.7. The van der Waals surface area contributed by atoms with Gasteiger partial charge >= 0.3 is 0 Å². The summed E-state index contributed by atoms with van der Waals surface area (Å²) in [6, 6.07) is 9.41. The van der Waals surface area contributed by atoms with Crippen LogP contribution in [0.1, 0.15) is 25.6 Å². The van der Waals surface area contributed by atoms with Gasteiger partial charge in [0.1, 0.15) is 17.1 Å². The van der Waals surface area contributed by atoms with Crippen LogP contribution in [0.5, 0.6) is 11.6 Å². The van der Waals surface area contributed by atoms with Crippen molar-refractivity contribution in [1.29, 1.82) is 0 Å². The van der Waals surface area contributed by atoms with Crippen LogP contribution in [-0.4, -0.2) is 14.0 Å². The van der Waals surface area contributed by atoms with E-state index in [-0.39, 0.29) is 11.5 Å². The van der Waals surface area contributed by atoms with E-state index in [0.717, 1.165) is 5.82 Å². The summed E-state index contributed by atoms with van der Waals surface area (Å²) < 4.78 is 9.12. The van der Waals surface area contributed by atoms with Crippen LogP contribution in [0.4, 0.5) is 0 Å². The maximum Gasteiger partial charge on any atom is 0.279 e. The van der Waals surface area contributed by atoms with Gasteiger partial charge in [-0.15, -0.1) is 0 Å². The second kappa shape index (κ2) is 5.09. The molecule has 5 nitrogen and oxygen atoms in total. The zero-order valence-electron chi connectivity index (χ0n) is 12.3. The first-order valence-electron chi connectivity index (χ1n) is 6.88. The molecule has 0 atom stereocenters. The number of para-hydroxylation sites is 1. The third kappa shape index (κ3) is 2.31. The smallest absolute Gasteiger partial charge is 0.279 e. The lowest BCUT2D eigenvalue weighted by Crippen LogP contribution is -2.20. The molecule has 1 aromatic carbocycles. The molecule has 3 rings (SSSR count). The normalized spacial score (nSPS) is 11.2. The first kappa shape index (κ1) is 13.4. The van der Waals surface area contributed by atoms with E-state index in [4.69, 9.17) is 4.74 Å². The van der Waals surface area contributed by atoms with Crippen molar-refractivity contribution in [3.05, 3.63) is 58.9 Å². The van der Waals surface area contributed by atoms with Crippen LogP contribution < -0.4 is 10.3 Å². The van der Waals surface area contributed by atoms with Crippen molar-refractivity contribution in [2.24, 2.45) is 7.05 Å². The molecule has 5 heteroatoms. The minimum atomic E-state index is -0.122. The predicted molar refractivity (Wildman–Crippen MR) is 81.0 cm³/mol. The van der Waals surface area contributed by atoms with Crippen molar-refractivity contribution < 1.29 is 4.74 Å². The summed E-state index contributed by atoms with van der Waals surface area (Å²) in [6.07, 6.45) is 3.43. The molecule has 2 aromatic heterocycles. The lowest BCUT2D eigenvalue weighted by atomic mass is 10.2. The standard InChI is InChI=1S/C16H17N3O2/c1-11(2)15-17-9-13-16(20)18(3)14(10-19(13)15)21-12-7-5-4-6-8-12/h4-11H,1-3H3. The molecule has 0 fully saturated rings. The van der Waals surface area contributed by atoms with E-state index >= 15 is 0 Å². The number of hydrogen-bond donors (Lipinski definition) is 0. The predicted octanol–water partition coefficient (Wildman–Crippen LogP) is 2.95. The molecule has 0 unspecified atom stereocenters. The van der Waals surface area contributed by atoms with Crippen molar-refractivity contribution in [2.75, 3.05) is 0 Å². The van der Waals surface area contributed by atoms with E-state index in [1.54, 1.807) is 13.2 Å². The highest BCUT2D eigenvalue weighted by Gasteiger charge is 2.14. The minimum absolute atomic E-state index is 0.122. The molecular formula is C16H17N3O2. The first-order chi connectivity index (χ1) is 10.1. The molecule has 0 aliphatic carbocycles. The third-order valence-electron chi connectivity index (χ3n) is 3.40. The highest BCUT2D eigenvalue weighted by molar-refractivity contribution is 5.46. The van der Waals surface area contributed by atoms with E-state index in [1.807, 2.05) is 54.8 Å². The molecule has 0 saturated carbocycles. The molecule has 2 heterocycles. The van der Waals surface area contributed by atoms with Crippen LogP contribution in [0.2, 0.25) is 0 Å². The van der Waals surface area contributed by atoms with Gasteiger partial charge in [-0.3, -0.25) is 13.8 Å². The van der Waals surface area contributed by atoms with Crippen LogP contribution in [0, 0.1) is 0 Å². The molecule has 0 amide bonds. The number of benzene rings is 1. The number of nitrogens with zero attached hydrogens (tertiary/aromatic N) is 3. The Morgan fingerprint density at radius 3 is 2.57 bits per heavy atom. The van der Waals surface area contributed by atoms with Crippen LogP contribution in [-0.2, 0) is 7.05 Å². The van der Waals surface area contributed by atoms with Crippen LogP contribution in [0.25, 0.3) is 5.52 Å². The summed E-state index contributed by atoms with van der Waals surface area (Å²) in [5, 5.41) is 0. The summed E-state index contributed by atoms with van der Waals surface area (Å²) in [5.74, 6) is 2.25. The molecule has 0 aliphatic rings. The zero-order valence-corrected chi connectivity index (χ0v) is 12.3. The number of hydrogen-bond acceptors (Lipinski definition) is 3. The number of ether oxygens (including phenoxy) is 1. The van der Waals surface area contributed by atoms with Gasteiger partial charge in [0.25, 0.3) is 5.56 Å². The summed E-state index contributed by atoms with van der Waals surface area (Å²) in [7, 11) is 1.70. The van der Waals surface area contributed by atoms with Gasteiger partial charge in [-0.25, -0.2) is 4.98 Å². The van der Waals surface area contributed by atoms with Crippen LogP contribution in [0.3, 0.4) is 0 Å². The average Bonchev–Trinajstić information content (AvgIpc) is 2.89. The van der Waals surface area contributed by atoms with Crippen LogP contribution in [0.15, 0.2) is 47.5 Å². The Morgan fingerprint density at radius 2 is 1.90 bits per heavy atom. The molecule has 0 radical (unpaired) electrons. The maximum absolute atomic E-state index is 12.4. The van der Waals surface area contributed by atoms with Crippen molar-refractivity contribution in [3.8, 4) is 11.6 Å². The number of fused-ring (bicyclic) bond motifs is 1. The van der Waals surface area contributed by atoms with Gasteiger partial charge < -0.3 is 4.74 Å². The van der Waals surface area contributed by atoms with E-state index in [2.05, 4.69) is 4.98 Å². The topological polar surface area (TPSA) is 48.5 Å². The number of aromatic nitrogens is 3. The quantitative estimate of drug-likeness (QED) is 0.742. The second-order valence-corrected chi connectivity index (χ2v) is 5.27. The molecule has 3 aromatic rings. The molecule has 0 N–H and O–H groups in total. The van der Waals surface area contributed by atoms with Gasteiger partial charge in [-0.2, -0.15) is 0 Å². The molecule has 21 heavy (non-hydrogen) atoms. The van der Waals surface area contributed by atoms with E-state index in [0.29, 0.717) is 17.1 Å². The number of rotatable bonds is 3. The summed E-state index contributed by atoms with van der Waals surface area (Å²) >= 11 is 0. The average molecular weight is 283 g/mol. The molecule has 0 spiro atoms. The Morgan fingerprint density at radius 1 is 1.19 bits per heavy atom. The highest BCUT2D eigenvalue weighted by Crippen LogP contribution is 2.21. The first-order valence-corrected chi connectivity index (χ1v) is 6.88. The molecule has 0 saturated heterocycles. The van der Waals surface area contributed by atoms with E-state index in [1.165, 1.54) is 4.57 Å². The molecule has 0 aliphatic heterocycles. The SMILES string of the molecule is CC(C)c1ncc2c(=O)n(C)c(Oc3ccccc3)cn12. The summed E-state index contributed by atoms with van der Waals surface area (Å²) in [5.41, 5.74) is 0.435. The van der Waals surface area contributed by atoms with Gasteiger partial charge in [0, 0.05) is 13.0 Å². The highest BCUT2D eigenvalue weighted by atomic mass is 16.5. The zero-order chi connectivity index (χ0) is 15.0. The molecule has 108 valence electrons. The van der Waals surface area contributed by atoms with Crippen molar-refractivity contribution in [2.45, 2.75) is 19.8 Å². The lowest BCUT2D eigenvalue weighted by molar-refractivity contribution is 0.430. The van der Waals surface area contributed by atoms with Gasteiger partial charge in [-0.1, -0.05) is 32.0 Å². The van der Waals surface area contributed by atoms with Gasteiger partial charge in [-0.05, 0) is 12.1 Å². The third-order valence-corrected chi connectivity index (χ3v) is 3.40. The van der Waals surface area contributed by atoms with Gasteiger partial charge in [0.05, 0.1) is 12.4 Å². The maximum atomic E-state index is 12.4. The Hall–Kier alpha value is -2.56. The van der Waals surface area contributed by atoms with Gasteiger partial charge in [0.2, 0.25) is 5.88 Å². The fourth-order valence-electron chi connectivity index (χ4n) is 2.27. The van der Waals surface area contributed by atoms with Gasteiger partial charge in [0.15, 0.2) is 0 Å². The lowest BCUT2D eigenvalue weighted by Gasteiger charge is -2.12. The summed E-state index contributed by atoms with van der Waals surface area (Å²) in [6.45, 7) is 4.09. The largest absolute Gasteiger partial charge is 0.439 e. The Balaban J connectivity index is 2.16. The Labute approximate surface area is 122 Å². The molecule has 0 bridgehead atoms. The van der Waals surface area contributed by atoms with Crippen molar-refractivity contribution >= 4 is 5.52 Å². The second-order valence-electron chi connectivity index (χ2n) is 5.27. The van der Waals surface area contributed by atoms with Crippen molar-refractivity contribution in [1.82, 2.24) is 14.0 Å². The van der Waals surface area contributed by atoms with Crippen molar-refractivity contribution in [3.63, 3.8) is 0 Å². The fourth-order valence-corrected chi connectivity index (χ4v) is 2.27. The minimum Gasteiger partial charge on any atom is -0.439 e.